The van der Waals surface area contributed by atoms with Gasteiger partial charge in [0.15, 0.2) is 5.69 Å². The van der Waals surface area contributed by atoms with E-state index in [1.807, 2.05) is 0 Å². The molecule has 2 aliphatic rings. The van der Waals surface area contributed by atoms with E-state index < -0.39 is 30.6 Å². The Bertz CT molecular complexity index is 628. The van der Waals surface area contributed by atoms with Gasteiger partial charge in [-0.25, -0.2) is 0 Å². The molecule has 3 heterocycles. The SMILES string of the molecule is O=C(NC1CCN(CC(F)(F)F)C1=O)c1n[nH]c2c1CNCC2. The van der Waals surface area contributed by atoms with Crippen molar-refractivity contribution >= 4 is 11.8 Å². The summed E-state index contributed by atoms with van der Waals surface area (Å²) in [7, 11) is 0. The van der Waals surface area contributed by atoms with Crippen LogP contribution in [0.5, 0.6) is 0 Å². The monoisotopic (exact) mass is 331 g/mol. The van der Waals surface area contributed by atoms with Crippen molar-refractivity contribution in [2.24, 2.45) is 0 Å². The van der Waals surface area contributed by atoms with E-state index in [9.17, 15) is 22.8 Å². The molecule has 1 aromatic heterocycles. The molecule has 1 unspecified atom stereocenters. The van der Waals surface area contributed by atoms with Crippen LogP contribution in [-0.2, 0) is 17.8 Å². The number of hydrogen-bond acceptors (Lipinski definition) is 4. The Morgan fingerprint density at radius 3 is 2.96 bits per heavy atom. The number of carbonyl (C=O) groups excluding carboxylic acids is 2. The summed E-state index contributed by atoms with van der Waals surface area (Å²) in [5, 5.41) is 12.4. The minimum Gasteiger partial charge on any atom is -0.339 e. The van der Waals surface area contributed by atoms with E-state index in [2.05, 4.69) is 20.8 Å². The lowest BCUT2D eigenvalue weighted by atomic mass is 10.1. The third-order valence-corrected chi connectivity index (χ3v) is 3.99. The molecular weight excluding hydrogens is 315 g/mol. The molecule has 3 rings (SSSR count). The largest absolute Gasteiger partial charge is 0.406 e. The topological polar surface area (TPSA) is 90.1 Å². The van der Waals surface area contributed by atoms with Gasteiger partial charge >= 0.3 is 6.18 Å². The first-order valence-electron chi connectivity index (χ1n) is 7.28. The van der Waals surface area contributed by atoms with Crippen LogP contribution in [0, 0.1) is 0 Å². The zero-order valence-corrected chi connectivity index (χ0v) is 12.2. The van der Waals surface area contributed by atoms with Crippen molar-refractivity contribution in [3.05, 3.63) is 17.0 Å². The van der Waals surface area contributed by atoms with Crippen molar-refractivity contribution in [1.29, 1.82) is 0 Å². The fourth-order valence-corrected chi connectivity index (χ4v) is 2.89. The third kappa shape index (κ3) is 3.31. The highest BCUT2D eigenvalue weighted by atomic mass is 19.4. The number of carbonyl (C=O) groups is 2. The number of hydrogen-bond donors (Lipinski definition) is 3. The maximum absolute atomic E-state index is 12.4. The van der Waals surface area contributed by atoms with E-state index in [1.165, 1.54) is 0 Å². The lowest BCUT2D eigenvalue weighted by Crippen LogP contribution is -2.44. The molecule has 1 atom stereocenters. The van der Waals surface area contributed by atoms with Gasteiger partial charge in [0.05, 0.1) is 0 Å². The van der Waals surface area contributed by atoms with Crippen LogP contribution in [0.1, 0.15) is 28.2 Å². The van der Waals surface area contributed by atoms with Gasteiger partial charge in [-0.3, -0.25) is 14.7 Å². The molecule has 7 nitrogen and oxygen atoms in total. The zero-order chi connectivity index (χ0) is 16.6. The van der Waals surface area contributed by atoms with Crippen molar-refractivity contribution < 1.29 is 22.8 Å². The summed E-state index contributed by atoms with van der Waals surface area (Å²) in [6, 6.07) is -0.936. The Balaban J connectivity index is 1.65. The molecule has 0 saturated carbocycles. The number of amides is 2. The molecule has 0 aliphatic carbocycles. The van der Waals surface area contributed by atoms with E-state index in [0.717, 1.165) is 24.2 Å². The maximum Gasteiger partial charge on any atom is 0.406 e. The molecule has 23 heavy (non-hydrogen) atoms. The summed E-state index contributed by atoms with van der Waals surface area (Å²) in [5.74, 6) is -1.25. The molecule has 2 aliphatic heterocycles. The summed E-state index contributed by atoms with van der Waals surface area (Å²) < 4.78 is 37.1. The Morgan fingerprint density at radius 2 is 2.22 bits per heavy atom. The maximum atomic E-state index is 12.4. The van der Waals surface area contributed by atoms with E-state index in [0.29, 0.717) is 11.4 Å². The second kappa shape index (κ2) is 5.84. The van der Waals surface area contributed by atoms with Crippen molar-refractivity contribution in [2.75, 3.05) is 19.6 Å². The van der Waals surface area contributed by atoms with Crippen LogP contribution in [0.15, 0.2) is 0 Å². The second-order valence-electron chi connectivity index (χ2n) is 5.65. The molecule has 1 fully saturated rings. The smallest absolute Gasteiger partial charge is 0.339 e. The highest BCUT2D eigenvalue weighted by Crippen LogP contribution is 2.21. The predicted octanol–water partition coefficient (Wildman–Crippen LogP) is -0.0516. The van der Waals surface area contributed by atoms with Gasteiger partial charge in [-0.2, -0.15) is 18.3 Å². The number of aromatic amines is 1. The van der Waals surface area contributed by atoms with E-state index in [1.54, 1.807) is 0 Å². The highest BCUT2D eigenvalue weighted by molar-refractivity contribution is 5.97. The lowest BCUT2D eigenvalue weighted by Gasteiger charge is -2.18. The van der Waals surface area contributed by atoms with E-state index in [-0.39, 0.29) is 18.7 Å². The van der Waals surface area contributed by atoms with Crippen LogP contribution in [-0.4, -0.2) is 58.8 Å². The first-order chi connectivity index (χ1) is 10.8. The molecular formula is C13H16F3N5O2. The van der Waals surface area contributed by atoms with Gasteiger partial charge in [-0.15, -0.1) is 0 Å². The zero-order valence-electron chi connectivity index (χ0n) is 12.2. The van der Waals surface area contributed by atoms with Gasteiger partial charge in [-0.1, -0.05) is 0 Å². The van der Waals surface area contributed by atoms with Crippen molar-refractivity contribution in [3.8, 4) is 0 Å². The molecule has 0 aromatic carbocycles. The van der Waals surface area contributed by atoms with Crippen molar-refractivity contribution in [1.82, 2.24) is 25.7 Å². The molecule has 0 spiro atoms. The molecule has 0 bridgehead atoms. The van der Waals surface area contributed by atoms with Crippen LogP contribution in [0.25, 0.3) is 0 Å². The molecule has 10 heteroatoms. The summed E-state index contributed by atoms with van der Waals surface area (Å²) in [4.78, 5) is 24.9. The third-order valence-electron chi connectivity index (χ3n) is 3.99. The number of nitrogens with zero attached hydrogens (tertiary/aromatic N) is 2. The molecule has 3 N–H and O–H groups in total. The van der Waals surface area contributed by atoms with Gasteiger partial charge in [0.2, 0.25) is 5.91 Å². The molecule has 0 radical (unpaired) electrons. The summed E-state index contributed by atoms with van der Waals surface area (Å²) >= 11 is 0. The van der Waals surface area contributed by atoms with Gasteiger partial charge in [-0.05, 0) is 6.42 Å². The van der Waals surface area contributed by atoms with Crippen molar-refractivity contribution in [3.63, 3.8) is 0 Å². The van der Waals surface area contributed by atoms with Gasteiger partial charge < -0.3 is 15.5 Å². The quantitative estimate of drug-likeness (QED) is 0.724. The molecule has 1 saturated heterocycles. The van der Waals surface area contributed by atoms with Gasteiger partial charge in [0.1, 0.15) is 12.6 Å². The fourth-order valence-electron chi connectivity index (χ4n) is 2.89. The molecule has 1 aromatic rings. The predicted molar refractivity (Wildman–Crippen MR) is 72.5 cm³/mol. The number of likely N-dealkylation sites (tertiary alicyclic amines) is 1. The Morgan fingerprint density at radius 1 is 1.43 bits per heavy atom. The summed E-state index contributed by atoms with van der Waals surface area (Å²) in [6.45, 7) is -0.0411. The Kier molecular flexibility index (Phi) is 4.00. The average molecular weight is 331 g/mol. The lowest BCUT2D eigenvalue weighted by molar-refractivity contribution is -0.157. The number of halogens is 3. The van der Waals surface area contributed by atoms with Crippen LogP contribution in [0.4, 0.5) is 13.2 Å². The molecule has 2 amide bonds. The normalized spacial score (nSPS) is 21.4. The number of fused-ring (bicyclic) bond motifs is 1. The summed E-state index contributed by atoms with van der Waals surface area (Å²) in [6.07, 6.45) is -3.57. The van der Waals surface area contributed by atoms with Crippen LogP contribution in [0.2, 0.25) is 0 Å². The van der Waals surface area contributed by atoms with Crippen LogP contribution < -0.4 is 10.6 Å². The van der Waals surface area contributed by atoms with E-state index in [4.69, 9.17) is 0 Å². The highest BCUT2D eigenvalue weighted by Gasteiger charge is 2.40. The first-order valence-corrected chi connectivity index (χ1v) is 7.28. The van der Waals surface area contributed by atoms with Crippen LogP contribution in [0.3, 0.4) is 0 Å². The minimum atomic E-state index is -4.44. The fraction of sp³-hybridized carbons (Fsp3) is 0.615. The van der Waals surface area contributed by atoms with Gasteiger partial charge in [0.25, 0.3) is 5.91 Å². The van der Waals surface area contributed by atoms with E-state index >= 15 is 0 Å². The summed E-state index contributed by atoms with van der Waals surface area (Å²) in [5.41, 5.74) is 1.80. The number of H-pyrrole nitrogens is 1. The Hall–Kier alpha value is -2.10. The standard InChI is InChI=1S/C13H16F3N5O2/c14-13(15,16)6-21-4-2-9(12(21)23)18-11(22)10-7-5-17-3-1-8(7)19-20-10/h9,17H,1-6H2,(H,18,22)(H,19,20). The first kappa shape index (κ1) is 15.8. The number of nitrogens with one attached hydrogen (secondary N) is 3. The molecule has 126 valence electrons. The average Bonchev–Trinajstić information content (AvgIpc) is 3.04. The van der Waals surface area contributed by atoms with Crippen molar-refractivity contribution in [2.45, 2.75) is 31.6 Å². The Labute approximate surface area is 129 Å². The minimum absolute atomic E-state index is 0.0243. The van der Waals surface area contributed by atoms with Crippen LogP contribution >= 0.6 is 0 Å². The number of alkyl halides is 3. The second-order valence-corrected chi connectivity index (χ2v) is 5.65. The van der Waals surface area contributed by atoms with Gasteiger partial charge in [0, 0.05) is 37.3 Å². The number of rotatable bonds is 3. The number of aromatic nitrogens is 2.